The number of rotatable bonds is 2. The summed E-state index contributed by atoms with van der Waals surface area (Å²) in [6.45, 7) is 12.2. The van der Waals surface area contributed by atoms with Crippen LogP contribution in [0.2, 0.25) is 0 Å². The number of nitrogens with zero attached hydrogens (tertiary/aromatic N) is 3. The Morgan fingerprint density at radius 3 is 2.53 bits per heavy atom. The van der Waals surface area contributed by atoms with E-state index in [1.165, 1.54) is 11.3 Å². The zero-order valence-corrected chi connectivity index (χ0v) is 11.5. The van der Waals surface area contributed by atoms with E-state index >= 15 is 0 Å². The molecular weight excluding hydrogens is 212 g/mol. The van der Waals surface area contributed by atoms with Crippen molar-refractivity contribution in [2.45, 2.75) is 32.7 Å². The van der Waals surface area contributed by atoms with Crippen LogP contribution in [-0.2, 0) is 19.0 Å². The average molecular weight is 236 g/mol. The third-order valence-corrected chi connectivity index (χ3v) is 3.22. The molecule has 4 heteroatoms. The molecule has 4 nitrogen and oxygen atoms in total. The highest BCUT2D eigenvalue weighted by atomic mass is 15.3. The largest absolute Gasteiger partial charge is 0.314 e. The van der Waals surface area contributed by atoms with Gasteiger partial charge in [0.25, 0.3) is 0 Å². The molecule has 0 unspecified atom stereocenters. The van der Waals surface area contributed by atoms with Gasteiger partial charge in [0.15, 0.2) is 0 Å². The Labute approximate surface area is 104 Å². The number of aromatic nitrogens is 2. The van der Waals surface area contributed by atoms with Crippen molar-refractivity contribution in [1.29, 1.82) is 0 Å². The van der Waals surface area contributed by atoms with Crippen LogP contribution in [0.3, 0.4) is 0 Å². The molecule has 0 saturated carbocycles. The van der Waals surface area contributed by atoms with E-state index in [2.05, 4.69) is 42.3 Å². The van der Waals surface area contributed by atoms with Gasteiger partial charge in [-0.2, -0.15) is 5.10 Å². The van der Waals surface area contributed by atoms with Gasteiger partial charge in [-0.05, 0) is 0 Å². The molecule has 1 aromatic rings. The zero-order chi connectivity index (χ0) is 12.5. The minimum absolute atomic E-state index is 0.130. The number of piperazine rings is 1. The molecule has 1 fully saturated rings. The van der Waals surface area contributed by atoms with E-state index in [4.69, 9.17) is 0 Å². The summed E-state index contributed by atoms with van der Waals surface area (Å²) in [6, 6.07) is 0. The fourth-order valence-corrected chi connectivity index (χ4v) is 2.40. The Morgan fingerprint density at radius 2 is 1.94 bits per heavy atom. The third-order valence-electron chi connectivity index (χ3n) is 3.22. The van der Waals surface area contributed by atoms with Crippen LogP contribution >= 0.6 is 0 Å². The highest BCUT2D eigenvalue weighted by molar-refractivity contribution is 5.24. The van der Waals surface area contributed by atoms with Gasteiger partial charge in [0.1, 0.15) is 0 Å². The third kappa shape index (κ3) is 3.07. The molecule has 17 heavy (non-hydrogen) atoms. The number of aryl methyl sites for hydroxylation is 1. The van der Waals surface area contributed by atoms with Crippen molar-refractivity contribution in [3.63, 3.8) is 0 Å². The molecule has 96 valence electrons. The maximum atomic E-state index is 4.62. The van der Waals surface area contributed by atoms with Crippen LogP contribution in [0.1, 0.15) is 32.0 Å². The molecule has 1 aliphatic rings. The highest BCUT2D eigenvalue weighted by Crippen LogP contribution is 2.25. The van der Waals surface area contributed by atoms with E-state index in [-0.39, 0.29) is 5.41 Å². The minimum Gasteiger partial charge on any atom is -0.314 e. The van der Waals surface area contributed by atoms with Crippen molar-refractivity contribution < 1.29 is 0 Å². The van der Waals surface area contributed by atoms with Gasteiger partial charge in [-0.3, -0.25) is 9.58 Å². The first-order chi connectivity index (χ1) is 7.97. The lowest BCUT2D eigenvalue weighted by Gasteiger charge is -2.28. The monoisotopic (exact) mass is 236 g/mol. The summed E-state index contributed by atoms with van der Waals surface area (Å²) in [5.74, 6) is 0. The van der Waals surface area contributed by atoms with Gasteiger partial charge in [0.2, 0.25) is 0 Å². The Balaban J connectivity index is 2.14. The topological polar surface area (TPSA) is 33.1 Å². The molecule has 0 aliphatic carbocycles. The number of hydrogen-bond donors (Lipinski definition) is 1. The predicted molar refractivity (Wildman–Crippen MR) is 70.1 cm³/mol. The summed E-state index contributed by atoms with van der Waals surface area (Å²) in [5.41, 5.74) is 2.74. The van der Waals surface area contributed by atoms with Crippen LogP contribution in [0.15, 0.2) is 6.20 Å². The lowest BCUT2D eigenvalue weighted by atomic mass is 9.89. The Morgan fingerprint density at radius 1 is 1.29 bits per heavy atom. The number of hydrogen-bond acceptors (Lipinski definition) is 3. The van der Waals surface area contributed by atoms with E-state index in [0.717, 1.165) is 32.7 Å². The quantitative estimate of drug-likeness (QED) is 0.835. The molecule has 0 radical (unpaired) electrons. The van der Waals surface area contributed by atoms with E-state index in [0.29, 0.717) is 0 Å². The maximum absolute atomic E-state index is 4.62. The van der Waals surface area contributed by atoms with E-state index in [1.54, 1.807) is 0 Å². The predicted octanol–water partition coefficient (Wildman–Crippen LogP) is 1.12. The summed E-state index contributed by atoms with van der Waals surface area (Å²) >= 11 is 0. The smallest absolute Gasteiger partial charge is 0.0722 e. The van der Waals surface area contributed by atoms with Gasteiger partial charge in [-0.1, -0.05) is 20.8 Å². The molecule has 2 heterocycles. The second-order valence-corrected chi connectivity index (χ2v) is 5.95. The summed E-state index contributed by atoms with van der Waals surface area (Å²) in [4.78, 5) is 2.50. The normalized spacial score (nSPS) is 18.6. The molecular formula is C13H24N4. The van der Waals surface area contributed by atoms with Crippen molar-refractivity contribution >= 4 is 0 Å². The average Bonchev–Trinajstić information content (AvgIpc) is 2.60. The molecule has 0 amide bonds. The first-order valence-corrected chi connectivity index (χ1v) is 6.43. The van der Waals surface area contributed by atoms with E-state index < -0.39 is 0 Å². The first kappa shape index (κ1) is 12.6. The molecule has 1 aliphatic heterocycles. The maximum Gasteiger partial charge on any atom is 0.0722 e. The van der Waals surface area contributed by atoms with E-state index in [1.807, 2.05) is 11.7 Å². The van der Waals surface area contributed by atoms with Crippen LogP contribution in [0.4, 0.5) is 0 Å². The van der Waals surface area contributed by atoms with Crippen LogP contribution in [-0.4, -0.2) is 40.9 Å². The number of nitrogens with one attached hydrogen (secondary N) is 1. The van der Waals surface area contributed by atoms with Crippen molar-refractivity contribution in [2.24, 2.45) is 7.05 Å². The molecule has 0 spiro atoms. The van der Waals surface area contributed by atoms with Gasteiger partial charge in [0, 0.05) is 56.9 Å². The summed E-state index contributed by atoms with van der Waals surface area (Å²) < 4.78 is 1.94. The summed E-state index contributed by atoms with van der Waals surface area (Å²) in [7, 11) is 2.01. The van der Waals surface area contributed by atoms with E-state index in [9.17, 15) is 0 Å². The lowest BCUT2D eigenvalue weighted by Crippen LogP contribution is -2.43. The fraction of sp³-hybridized carbons (Fsp3) is 0.769. The summed E-state index contributed by atoms with van der Waals surface area (Å²) in [5, 5.41) is 8.01. The molecule has 1 aromatic heterocycles. The Kier molecular flexibility index (Phi) is 3.54. The van der Waals surface area contributed by atoms with Crippen LogP contribution in [0.25, 0.3) is 0 Å². The zero-order valence-electron chi connectivity index (χ0n) is 11.5. The van der Waals surface area contributed by atoms with Gasteiger partial charge < -0.3 is 5.32 Å². The second-order valence-electron chi connectivity index (χ2n) is 5.95. The Bertz CT molecular complexity index is 369. The van der Waals surface area contributed by atoms with Gasteiger partial charge in [0.05, 0.1) is 5.69 Å². The molecule has 1 saturated heterocycles. The molecule has 2 rings (SSSR count). The van der Waals surface area contributed by atoms with Crippen molar-refractivity contribution in [1.82, 2.24) is 20.0 Å². The van der Waals surface area contributed by atoms with Gasteiger partial charge in [-0.15, -0.1) is 0 Å². The van der Waals surface area contributed by atoms with Crippen molar-refractivity contribution in [3.8, 4) is 0 Å². The van der Waals surface area contributed by atoms with Gasteiger partial charge >= 0.3 is 0 Å². The molecule has 0 atom stereocenters. The first-order valence-electron chi connectivity index (χ1n) is 6.43. The van der Waals surface area contributed by atoms with Crippen molar-refractivity contribution in [2.75, 3.05) is 26.2 Å². The standard InChI is InChI=1S/C13H24N4/c1-13(2,3)12-11(9-16(4)15-12)10-17-7-5-14-6-8-17/h9,14H,5-8,10H2,1-4H3. The minimum atomic E-state index is 0.130. The molecule has 0 bridgehead atoms. The van der Waals surface area contributed by atoms with Crippen LogP contribution in [0.5, 0.6) is 0 Å². The second kappa shape index (κ2) is 4.78. The summed E-state index contributed by atoms with van der Waals surface area (Å²) in [6.07, 6.45) is 2.17. The molecule has 0 aromatic carbocycles. The molecule has 1 N–H and O–H groups in total. The lowest BCUT2D eigenvalue weighted by molar-refractivity contribution is 0.232. The van der Waals surface area contributed by atoms with Crippen LogP contribution < -0.4 is 5.32 Å². The highest BCUT2D eigenvalue weighted by Gasteiger charge is 2.23. The fourth-order valence-electron chi connectivity index (χ4n) is 2.40. The van der Waals surface area contributed by atoms with Crippen LogP contribution in [0, 0.1) is 0 Å². The SMILES string of the molecule is Cn1cc(CN2CCNCC2)c(C(C)(C)C)n1. The Hall–Kier alpha value is -0.870. The van der Waals surface area contributed by atoms with Gasteiger partial charge in [-0.25, -0.2) is 0 Å². The van der Waals surface area contributed by atoms with Crippen molar-refractivity contribution in [3.05, 3.63) is 17.5 Å².